The summed E-state index contributed by atoms with van der Waals surface area (Å²) in [5.74, 6) is -0.524. The van der Waals surface area contributed by atoms with Crippen LogP contribution in [-0.2, 0) is 14.6 Å². The summed E-state index contributed by atoms with van der Waals surface area (Å²) >= 11 is 0. The fraction of sp³-hybridized carbons (Fsp3) is 0.462. The molecule has 0 radical (unpaired) electrons. The largest absolute Gasteiger partial charge is 0.481 e. The van der Waals surface area contributed by atoms with E-state index in [4.69, 9.17) is 5.11 Å². The average molecular weight is 281 g/mol. The van der Waals surface area contributed by atoms with Gasteiger partial charge in [-0.2, -0.15) is 0 Å². The Kier molecular flexibility index (Phi) is 2.87. The summed E-state index contributed by atoms with van der Waals surface area (Å²) in [5, 5.41) is 8.73. The molecule has 19 heavy (non-hydrogen) atoms. The van der Waals surface area contributed by atoms with Crippen LogP contribution in [0, 0.1) is 5.92 Å². The third kappa shape index (κ3) is 2.15. The molecule has 1 unspecified atom stereocenters. The van der Waals surface area contributed by atoms with Gasteiger partial charge in [-0.25, -0.2) is 8.42 Å². The highest BCUT2D eigenvalue weighted by Gasteiger charge is 2.42. The van der Waals surface area contributed by atoms with Gasteiger partial charge in [-0.15, -0.1) is 0 Å². The highest BCUT2D eigenvalue weighted by atomic mass is 32.2. The Balaban J connectivity index is 1.77. The van der Waals surface area contributed by atoms with Crippen LogP contribution < -0.4 is 0 Å². The molecular weight excluding hydrogens is 266 g/mol. The molecule has 0 amide bonds. The molecule has 2 aliphatic rings. The van der Waals surface area contributed by atoms with E-state index < -0.39 is 15.8 Å². The van der Waals surface area contributed by atoms with Crippen molar-refractivity contribution in [1.82, 2.24) is 4.90 Å². The van der Waals surface area contributed by atoms with Crippen LogP contribution in [0.1, 0.15) is 18.0 Å². The molecule has 1 atom stereocenters. The van der Waals surface area contributed by atoms with Crippen LogP contribution in [0.3, 0.4) is 0 Å². The lowest BCUT2D eigenvalue weighted by Gasteiger charge is -2.42. The molecule has 2 heterocycles. The van der Waals surface area contributed by atoms with Crippen molar-refractivity contribution < 1.29 is 18.3 Å². The van der Waals surface area contributed by atoms with Gasteiger partial charge in [-0.3, -0.25) is 9.69 Å². The molecule has 1 N–H and O–H groups in total. The number of nitrogens with zero attached hydrogens (tertiary/aromatic N) is 1. The van der Waals surface area contributed by atoms with Crippen LogP contribution in [0.15, 0.2) is 29.2 Å². The summed E-state index contributed by atoms with van der Waals surface area (Å²) in [4.78, 5) is 13.1. The summed E-state index contributed by atoms with van der Waals surface area (Å²) in [6.45, 7) is 1.33. The zero-order valence-corrected chi connectivity index (χ0v) is 11.1. The molecule has 0 aliphatic carbocycles. The van der Waals surface area contributed by atoms with Crippen LogP contribution in [-0.4, -0.2) is 43.2 Å². The summed E-state index contributed by atoms with van der Waals surface area (Å²) in [6.07, 6.45) is 0.164. The van der Waals surface area contributed by atoms with Crippen molar-refractivity contribution in [2.24, 2.45) is 5.92 Å². The second-order valence-corrected chi connectivity index (χ2v) is 7.26. The second kappa shape index (κ2) is 4.31. The normalized spacial score (nSPS) is 25.8. The highest BCUT2D eigenvalue weighted by molar-refractivity contribution is 7.91. The smallest absolute Gasteiger partial charge is 0.303 e. The second-order valence-electron chi connectivity index (χ2n) is 5.25. The number of carboxylic acid groups (broad SMARTS) is 1. The first-order valence-corrected chi connectivity index (χ1v) is 7.90. The van der Waals surface area contributed by atoms with Crippen molar-refractivity contribution in [3.63, 3.8) is 0 Å². The number of sulfone groups is 1. The van der Waals surface area contributed by atoms with Crippen molar-refractivity contribution in [1.29, 1.82) is 0 Å². The predicted octanol–water partition coefficient (Wildman–Crippen LogP) is 0.921. The Labute approximate surface area is 111 Å². The maximum Gasteiger partial charge on any atom is 0.303 e. The minimum atomic E-state index is -3.17. The lowest BCUT2D eigenvalue weighted by atomic mass is 9.92. The van der Waals surface area contributed by atoms with Crippen LogP contribution in [0.4, 0.5) is 0 Å². The van der Waals surface area contributed by atoms with Gasteiger partial charge in [0.2, 0.25) is 0 Å². The highest BCUT2D eigenvalue weighted by Crippen LogP contribution is 2.40. The van der Waals surface area contributed by atoms with Crippen LogP contribution in [0.2, 0.25) is 0 Å². The monoisotopic (exact) mass is 281 g/mol. The minimum Gasteiger partial charge on any atom is -0.481 e. The van der Waals surface area contributed by atoms with E-state index in [2.05, 4.69) is 4.90 Å². The summed E-state index contributed by atoms with van der Waals surface area (Å²) < 4.78 is 24.1. The first-order chi connectivity index (χ1) is 8.97. The van der Waals surface area contributed by atoms with E-state index in [1.54, 1.807) is 12.1 Å². The number of hydrogen-bond donors (Lipinski definition) is 1. The van der Waals surface area contributed by atoms with E-state index in [-0.39, 0.29) is 24.1 Å². The molecule has 1 fully saturated rings. The molecule has 1 aromatic carbocycles. The zero-order valence-electron chi connectivity index (χ0n) is 10.3. The molecule has 1 aromatic rings. The van der Waals surface area contributed by atoms with Crippen LogP contribution in [0.25, 0.3) is 0 Å². The number of aliphatic carboxylic acids is 1. The first kappa shape index (κ1) is 12.6. The molecule has 0 saturated carbocycles. The number of fused-ring (bicyclic) bond motifs is 1. The SMILES string of the molecule is O=C(O)CC1CN(C2CS(=O)(=O)c3ccccc32)C1. The number of carboxylic acids is 1. The van der Waals surface area contributed by atoms with Crippen LogP contribution >= 0.6 is 0 Å². The lowest BCUT2D eigenvalue weighted by Crippen LogP contribution is -2.49. The predicted molar refractivity (Wildman–Crippen MR) is 68.6 cm³/mol. The molecule has 0 spiro atoms. The maximum atomic E-state index is 12.0. The Bertz CT molecular complexity index is 619. The Hall–Kier alpha value is -1.40. The van der Waals surface area contributed by atoms with Gasteiger partial charge in [0.25, 0.3) is 0 Å². The van der Waals surface area contributed by atoms with Crippen molar-refractivity contribution in [3.8, 4) is 0 Å². The Morgan fingerprint density at radius 2 is 2.00 bits per heavy atom. The molecule has 6 heteroatoms. The van der Waals surface area contributed by atoms with Crippen molar-refractivity contribution in [2.45, 2.75) is 17.4 Å². The third-order valence-corrected chi connectivity index (χ3v) is 5.68. The van der Waals surface area contributed by atoms with Gasteiger partial charge >= 0.3 is 5.97 Å². The fourth-order valence-electron chi connectivity index (χ4n) is 2.97. The van der Waals surface area contributed by atoms with Crippen molar-refractivity contribution in [2.75, 3.05) is 18.8 Å². The van der Waals surface area contributed by atoms with Gasteiger partial charge in [0, 0.05) is 13.1 Å². The molecule has 5 nitrogen and oxygen atoms in total. The summed E-state index contributed by atoms with van der Waals surface area (Å²) in [5.41, 5.74) is 0.858. The van der Waals surface area contributed by atoms with Gasteiger partial charge in [0.1, 0.15) is 0 Å². The number of rotatable bonds is 3. The van der Waals surface area contributed by atoms with E-state index in [0.717, 1.165) is 5.56 Å². The lowest BCUT2D eigenvalue weighted by molar-refractivity contribution is -0.139. The van der Waals surface area contributed by atoms with E-state index in [9.17, 15) is 13.2 Å². The van der Waals surface area contributed by atoms with Gasteiger partial charge in [0.05, 0.1) is 23.1 Å². The first-order valence-electron chi connectivity index (χ1n) is 6.25. The van der Waals surface area contributed by atoms with E-state index in [1.165, 1.54) is 0 Å². The maximum absolute atomic E-state index is 12.0. The van der Waals surface area contributed by atoms with Crippen molar-refractivity contribution >= 4 is 15.8 Å². The summed E-state index contributed by atoms with van der Waals surface area (Å²) in [7, 11) is -3.17. The number of likely N-dealkylation sites (tertiary alicyclic amines) is 1. The number of hydrogen-bond acceptors (Lipinski definition) is 4. The molecule has 102 valence electrons. The molecule has 2 aliphatic heterocycles. The zero-order chi connectivity index (χ0) is 13.6. The number of benzene rings is 1. The standard InChI is InChI=1S/C13H15NO4S/c15-13(16)5-9-6-14(7-9)11-8-19(17,18)12-4-2-1-3-10(11)12/h1-4,9,11H,5-8H2,(H,15,16). The van der Waals surface area contributed by atoms with E-state index in [0.29, 0.717) is 18.0 Å². The fourth-order valence-corrected chi connectivity index (χ4v) is 4.80. The quantitative estimate of drug-likeness (QED) is 0.891. The Morgan fingerprint density at radius 1 is 1.32 bits per heavy atom. The molecule has 0 aromatic heterocycles. The van der Waals surface area contributed by atoms with Gasteiger partial charge in [-0.05, 0) is 17.5 Å². The van der Waals surface area contributed by atoms with Gasteiger partial charge < -0.3 is 5.11 Å². The van der Waals surface area contributed by atoms with E-state index >= 15 is 0 Å². The molecule has 0 bridgehead atoms. The van der Waals surface area contributed by atoms with Gasteiger partial charge in [-0.1, -0.05) is 18.2 Å². The van der Waals surface area contributed by atoms with Gasteiger partial charge in [0.15, 0.2) is 9.84 Å². The van der Waals surface area contributed by atoms with Crippen LogP contribution in [0.5, 0.6) is 0 Å². The third-order valence-electron chi connectivity index (χ3n) is 3.88. The average Bonchev–Trinajstić information content (AvgIpc) is 2.56. The topological polar surface area (TPSA) is 74.7 Å². The Morgan fingerprint density at radius 3 is 2.68 bits per heavy atom. The van der Waals surface area contributed by atoms with E-state index in [1.807, 2.05) is 12.1 Å². The van der Waals surface area contributed by atoms with Crippen molar-refractivity contribution in [3.05, 3.63) is 29.8 Å². The molecule has 1 saturated heterocycles. The number of carbonyl (C=O) groups is 1. The molecule has 3 rings (SSSR count). The summed E-state index contributed by atoms with van der Waals surface area (Å²) in [6, 6.07) is 6.99. The minimum absolute atomic E-state index is 0.105. The molecular formula is C13H15NO4S.